The molecule has 1 aliphatic heterocycles. The molecule has 6 nitrogen and oxygen atoms in total. The van der Waals surface area contributed by atoms with Gasteiger partial charge in [0.15, 0.2) is 16.7 Å². The van der Waals surface area contributed by atoms with Gasteiger partial charge in [-0.3, -0.25) is 9.69 Å². The van der Waals surface area contributed by atoms with E-state index in [1.54, 1.807) is 37.3 Å². The van der Waals surface area contributed by atoms with Crippen molar-refractivity contribution in [2.24, 2.45) is 4.99 Å². The van der Waals surface area contributed by atoms with Crippen molar-refractivity contribution >= 4 is 46.2 Å². The van der Waals surface area contributed by atoms with Gasteiger partial charge in [0.25, 0.3) is 5.91 Å². The van der Waals surface area contributed by atoms with Gasteiger partial charge in [0, 0.05) is 12.6 Å². The van der Waals surface area contributed by atoms with Crippen LogP contribution in [0, 0.1) is 0 Å². The molecule has 0 N–H and O–H groups in total. The van der Waals surface area contributed by atoms with Crippen molar-refractivity contribution in [1.29, 1.82) is 0 Å². The lowest BCUT2D eigenvalue weighted by molar-refractivity contribution is -0.122. The molecule has 0 bridgehead atoms. The van der Waals surface area contributed by atoms with Gasteiger partial charge in [-0.2, -0.15) is 0 Å². The van der Waals surface area contributed by atoms with Crippen molar-refractivity contribution in [2.45, 2.75) is 13.8 Å². The number of likely N-dealkylation sites (N-methyl/N-ethyl adjacent to an activating group) is 1. The molecule has 1 aliphatic rings. The molecule has 1 heterocycles. The zero-order chi connectivity index (χ0) is 21.7. The molecule has 158 valence electrons. The van der Waals surface area contributed by atoms with E-state index >= 15 is 0 Å². The van der Waals surface area contributed by atoms with Gasteiger partial charge in [-0.25, -0.2) is 4.99 Å². The lowest BCUT2D eigenvalue weighted by Crippen LogP contribution is -2.28. The van der Waals surface area contributed by atoms with Crippen LogP contribution < -0.4 is 14.2 Å². The monoisotopic (exact) mass is 446 g/mol. The van der Waals surface area contributed by atoms with Crippen LogP contribution in [0.4, 0.5) is 5.69 Å². The van der Waals surface area contributed by atoms with Gasteiger partial charge in [-0.05, 0) is 67.6 Å². The molecule has 0 spiro atoms. The molecule has 0 aromatic heterocycles. The maximum Gasteiger partial charge on any atom is 0.266 e. The van der Waals surface area contributed by atoms with E-state index in [-0.39, 0.29) is 5.91 Å². The number of aliphatic imine (C=N–C) groups is 1. The number of hydrogen-bond acceptors (Lipinski definition) is 6. The van der Waals surface area contributed by atoms with E-state index in [2.05, 4.69) is 4.99 Å². The Bertz CT molecular complexity index is 989. The van der Waals surface area contributed by atoms with Gasteiger partial charge in [-0.15, -0.1) is 0 Å². The Hall–Kier alpha value is -2.64. The van der Waals surface area contributed by atoms with E-state index in [0.29, 0.717) is 45.3 Å². The minimum absolute atomic E-state index is 0.111. The highest BCUT2D eigenvalue weighted by Crippen LogP contribution is 2.38. The number of hydrogen-bond donors (Lipinski definition) is 0. The van der Waals surface area contributed by atoms with Gasteiger partial charge in [0.2, 0.25) is 0 Å². The molecule has 2 aromatic rings. The maximum absolute atomic E-state index is 12.9. The lowest BCUT2D eigenvalue weighted by Gasteiger charge is -2.12. The molecule has 1 amide bonds. The van der Waals surface area contributed by atoms with Crippen LogP contribution in [0.25, 0.3) is 6.08 Å². The number of carbonyl (C=O) groups is 1. The summed E-state index contributed by atoms with van der Waals surface area (Å²) in [6.45, 7) is 4.81. The van der Waals surface area contributed by atoms with E-state index in [1.165, 1.54) is 11.8 Å². The van der Waals surface area contributed by atoms with Crippen LogP contribution in [0.3, 0.4) is 0 Å². The number of ether oxygens (including phenoxy) is 3. The molecule has 30 heavy (non-hydrogen) atoms. The molecule has 0 atom stereocenters. The van der Waals surface area contributed by atoms with E-state index in [9.17, 15) is 4.79 Å². The standard InChI is InChI=1S/C22H23ClN2O4S/c1-5-25-21(26)20(30-22(25)24-15-7-9-16(27-3)10-8-15)12-14-11-19(29-6-2)18(28-4)13-17(14)23/h7-13H,5-6H2,1-4H3/b20-12+,24-22?. The summed E-state index contributed by atoms with van der Waals surface area (Å²) in [6.07, 6.45) is 1.76. The predicted molar refractivity (Wildman–Crippen MR) is 122 cm³/mol. The Balaban J connectivity index is 1.95. The van der Waals surface area contributed by atoms with Gasteiger partial charge >= 0.3 is 0 Å². The third-order valence-electron chi connectivity index (χ3n) is 4.37. The quantitative estimate of drug-likeness (QED) is 0.534. The number of amides is 1. The van der Waals surface area contributed by atoms with Crippen LogP contribution in [0.15, 0.2) is 46.3 Å². The van der Waals surface area contributed by atoms with Gasteiger partial charge in [-0.1, -0.05) is 11.6 Å². The second-order valence-electron chi connectivity index (χ2n) is 6.21. The SMILES string of the molecule is CCOc1cc(/C=C2/SC(=Nc3ccc(OC)cc3)N(CC)C2=O)c(Cl)cc1OC. The molecule has 0 radical (unpaired) electrons. The summed E-state index contributed by atoms with van der Waals surface area (Å²) in [6, 6.07) is 10.8. The van der Waals surface area contributed by atoms with Crippen molar-refractivity contribution in [3.63, 3.8) is 0 Å². The minimum atomic E-state index is -0.111. The average molecular weight is 447 g/mol. The summed E-state index contributed by atoms with van der Waals surface area (Å²) in [4.78, 5) is 19.7. The lowest BCUT2D eigenvalue weighted by atomic mass is 10.1. The number of halogens is 1. The van der Waals surface area contributed by atoms with Crippen molar-refractivity contribution < 1.29 is 19.0 Å². The molecule has 0 aliphatic carbocycles. The topological polar surface area (TPSA) is 60.4 Å². The molecule has 1 fully saturated rings. The Morgan fingerprint density at radius 2 is 1.83 bits per heavy atom. The fourth-order valence-corrected chi connectivity index (χ4v) is 4.13. The number of amidine groups is 1. The Labute approximate surface area is 185 Å². The molecule has 0 unspecified atom stereocenters. The first kappa shape index (κ1) is 22.1. The molecule has 1 saturated heterocycles. The number of benzene rings is 2. The average Bonchev–Trinajstić information content (AvgIpc) is 3.04. The highest BCUT2D eigenvalue weighted by molar-refractivity contribution is 8.18. The third-order valence-corrected chi connectivity index (χ3v) is 5.70. The summed E-state index contributed by atoms with van der Waals surface area (Å²) in [5.41, 5.74) is 1.42. The van der Waals surface area contributed by atoms with Crippen LogP contribution >= 0.6 is 23.4 Å². The molecular weight excluding hydrogens is 424 g/mol. The highest BCUT2D eigenvalue weighted by Gasteiger charge is 2.32. The molecule has 3 rings (SSSR count). The highest BCUT2D eigenvalue weighted by atomic mass is 35.5. The van der Waals surface area contributed by atoms with Crippen LogP contribution in [0.5, 0.6) is 17.2 Å². The van der Waals surface area contributed by atoms with Crippen LogP contribution in [0.2, 0.25) is 5.02 Å². The first-order valence-electron chi connectivity index (χ1n) is 9.45. The van der Waals surface area contributed by atoms with Gasteiger partial charge < -0.3 is 14.2 Å². The van der Waals surface area contributed by atoms with Crippen LogP contribution in [0.1, 0.15) is 19.4 Å². The van der Waals surface area contributed by atoms with Crippen LogP contribution in [-0.4, -0.2) is 43.3 Å². The van der Waals surface area contributed by atoms with Crippen LogP contribution in [-0.2, 0) is 4.79 Å². The second kappa shape index (κ2) is 9.91. The molecular formula is C22H23ClN2O4S. The van der Waals surface area contributed by atoms with Gasteiger partial charge in [0.1, 0.15) is 5.75 Å². The van der Waals surface area contributed by atoms with E-state index < -0.39 is 0 Å². The number of carbonyl (C=O) groups excluding carboxylic acids is 1. The second-order valence-corrected chi connectivity index (χ2v) is 7.63. The van der Waals surface area contributed by atoms with E-state index in [0.717, 1.165) is 11.4 Å². The summed E-state index contributed by atoms with van der Waals surface area (Å²) in [5, 5.41) is 1.09. The number of thioether (sulfide) groups is 1. The van der Waals surface area contributed by atoms with Crippen molar-refractivity contribution in [3.05, 3.63) is 51.9 Å². The first-order valence-corrected chi connectivity index (χ1v) is 10.6. The largest absolute Gasteiger partial charge is 0.497 e. The predicted octanol–water partition coefficient (Wildman–Crippen LogP) is 5.38. The maximum atomic E-state index is 12.9. The Morgan fingerprint density at radius 1 is 1.10 bits per heavy atom. The minimum Gasteiger partial charge on any atom is -0.497 e. The smallest absolute Gasteiger partial charge is 0.266 e. The van der Waals surface area contributed by atoms with Crippen molar-refractivity contribution in [2.75, 3.05) is 27.4 Å². The zero-order valence-corrected chi connectivity index (χ0v) is 18.8. The van der Waals surface area contributed by atoms with E-state index in [4.69, 9.17) is 25.8 Å². The fourth-order valence-electron chi connectivity index (χ4n) is 2.87. The first-order chi connectivity index (χ1) is 14.5. The fraction of sp³-hybridized carbons (Fsp3) is 0.273. The third kappa shape index (κ3) is 4.74. The Kier molecular flexibility index (Phi) is 7.29. The summed E-state index contributed by atoms with van der Waals surface area (Å²) >= 11 is 7.73. The van der Waals surface area contributed by atoms with E-state index in [1.807, 2.05) is 38.1 Å². The zero-order valence-electron chi connectivity index (χ0n) is 17.3. The molecule has 2 aromatic carbocycles. The molecule has 8 heteroatoms. The van der Waals surface area contributed by atoms with Crippen molar-refractivity contribution in [1.82, 2.24) is 4.90 Å². The number of methoxy groups -OCH3 is 2. The number of nitrogens with zero attached hydrogens (tertiary/aromatic N) is 2. The van der Waals surface area contributed by atoms with Crippen molar-refractivity contribution in [3.8, 4) is 17.2 Å². The Morgan fingerprint density at radius 3 is 2.43 bits per heavy atom. The summed E-state index contributed by atoms with van der Waals surface area (Å²) in [7, 11) is 3.17. The van der Waals surface area contributed by atoms with Gasteiger partial charge in [0.05, 0.1) is 36.4 Å². The molecule has 0 saturated carbocycles. The summed E-state index contributed by atoms with van der Waals surface area (Å²) < 4.78 is 16.1. The normalized spacial score (nSPS) is 16.4. The summed E-state index contributed by atoms with van der Waals surface area (Å²) in [5.74, 6) is 1.76. The number of rotatable bonds is 7.